The number of rotatable bonds is 1. The predicted molar refractivity (Wildman–Crippen MR) is 61.1 cm³/mol. The van der Waals surface area contributed by atoms with E-state index in [1.807, 2.05) is 0 Å². The second-order valence-corrected chi connectivity index (χ2v) is 5.88. The van der Waals surface area contributed by atoms with Gasteiger partial charge < -0.3 is 4.48 Å². The van der Waals surface area contributed by atoms with Crippen molar-refractivity contribution in [2.75, 3.05) is 26.2 Å². The summed E-state index contributed by atoms with van der Waals surface area (Å²) in [6, 6.07) is 0. The number of hydrogen-bond acceptors (Lipinski definition) is 0. The van der Waals surface area contributed by atoms with E-state index < -0.39 is 0 Å². The van der Waals surface area contributed by atoms with Crippen LogP contribution < -0.4 is 0 Å². The molecule has 0 amide bonds. The van der Waals surface area contributed by atoms with E-state index in [1.165, 1.54) is 62.8 Å². The second-order valence-electron chi connectivity index (χ2n) is 5.88. The van der Waals surface area contributed by atoms with Crippen LogP contribution in [0.15, 0.2) is 0 Å². The molecule has 2 saturated heterocycles. The van der Waals surface area contributed by atoms with Gasteiger partial charge in [0, 0.05) is 0 Å². The van der Waals surface area contributed by atoms with Crippen LogP contribution in [0.5, 0.6) is 0 Å². The van der Waals surface area contributed by atoms with E-state index in [9.17, 15) is 0 Å². The summed E-state index contributed by atoms with van der Waals surface area (Å²) in [5.41, 5.74) is 0. The summed E-state index contributed by atoms with van der Waals surface area (Å²) >= 11 is 0. The maximum absolute atomic E-state index is 2.40. The van der Waals surface area contributed by atoms with Crippen molar-refractivity contribution >= 4 is 0 Å². The average Bonchev–Trinajstić information content (AvgIpc) is 2.19. The molecular weight excluding hydrogens is 170 g/mol. The van der Waals surface area contributed by atoms with Crippen molar-refractivity contribution in [1.29, 1.82) is 0 Å². The maximum atomic E-state index is 2.40. The van der Waals surface area contributed by atoms with Crippen molar-refractivity contribution in [3.63, 3.8) is 0 Å². The van der Waals surface area contributed by atoms with Gasteiger partial charge in [-0.25, -0.2) is 0 Å². The molecule has 0 saturated carbocycles. The first-order valence-corrected chi connectivity index (χ1v) is 6.57. The largest absolute Gasteiger partial charge is 0.324 e. The Morgan fingerprint density at radius 3 is 1.93 bits per heavy atom. The topological polar surface area (TPSA) is 0 Å². The molecule has 0 bridgehead atoms. The Bertz CT molecular complexity index is 170. The number of piperidine rings is 2. The molecule has 0 aromatic carbocycles. The summed E-state index contributed by atoms with van der Waals surface area (Å²) in [6.07, 6.45) is 7.47. The molecule has 0 unspecified atom stereocenters. The zero-order chi connectivity index (χ0) is 10.0. The SMILES string of the molecule is CC(C)C1CC[N+]2(CCCCC2)CC1. The lowest BCUT2D eigenvalue weighted by molar-refractivity contribution is -0.937. The van der Waals surface area contributed by atoms with E-state index in [0.29, 0.717) is 0 Å². The zero-order valence-corrected chi connectivity index (χ0v) is 9.97. The third-order valence-corrected chi connectivity index (χ3v) is 4.66. The fraction of sp³-hybridized carbons (Fsp3) is 1.00. The third kappa shape index (κ3) is 2.13. The Balaban J connectivity index is 1.87. The van der Waals surface area contributed by atoms with Crippen molar-refractivity contribution in [1.82, 2.24) is 0 Å². The molecule has 2 aliphatic heterocycles. The maximum Gasteiger partial charge on any atom is 0.0789 e. The number of nitrogens with zero attached hydrogens (tertiary/aromatic N) is 1. The number of hydrogen-bond donors (Lipinski definition) is 0. The minimum Gasteiger partial charge on any atom is -0.324 e. The Kier molecular flexibility index (Phi) is 3.16. The van der Waals surface area contributed by atoms with Gasteiger partial charge in [-0.3, -0.25) is 0 Å². The Morgan fingerprint density at radius 1 is 0.857 bits per heavy atom. The van der Waals surface area contributed by atoms with Crippen LogP contribution in [0.2, 0.25) is 0 Å². The first kappa shape index (κ1) is 10.5. The van der Waals surface area contributed by atoms with Crippen LogP contribution in [-0.2, 0) is 0 Å². The van der Waals surface area contributed by atoms with E-state index in [2.05, 4.69) is 13.8 Å². The molecule has 2 fully saturated rings. The molecule has 0 atom stereocenters. The van der Waals surface area contributed by atoms with Gasteiger partial charge in [0.25, 0.3) is 0 Å². The normalized spacial score (nSPS) is 28.5. The standard InChI is InChI=1S/C13H26N/c1-12(2)13-6-10-14(11-7-13)8-4-3-5-9-14/h12-13H,3-11H2,1-2H3/q+1. The highest BCUT2D eigenvalue weighted by Crippen LogP contribution is 2.31. The lowest BCUT2D eigenvalue weighted by atomic mass is 9.84. The zero-order valence-electron chi connectivity index (χ0n) is 9.97. The monoisotopic (exact) mass is 196 g/mol. The summed E-state index contributed by atoms with van der Waals surface area (Å²) < 4.78 is 1.49. The van der Waals surface area contributed by atoms with Gasteiger partial charge >= 0.3 is 0 Å². The summed E-state index contributed by atoms with van der Waals surface area (Å²) in [4.78, 5) is 0. The van der Waals surface area contributed by atoms with Crippen molar-refractivity contribution in [2.24, 2.45) is 11.8 Å². The molecule has 0 aromatic heterocycles. The van der Waals surface area contributed by atoms with E-state index in [4.69, 9.17) is 0 Å². The first-order valence-electron chi connectivity index (χ1n) is 6.57. The highest BCUT2D eigenvalue weighted by atomic mass is 15.4. The highest BCUT2D eigenvalue weighted by molar-refractivity contribution is 4.69. The molecular formula is C13H26N+. The van der Waals surface area contributed by atoms with Crippen LogP contribution in [-0.4, -0.2) is 30.7 Å². The van der Waals surface area contributed by atoms with Gasteiger partial charge in [0.05, 0.1) is 26.2 Å². The molecule has 1 nitrogen and oxygen atoms in total. The Hall–Kier alpha value is -0.0400. The fourth-order valence-electron chi connectivity index (χ4n) is 3.43. The van der Waals surface area contributed by atoms with Crippen LogP contribution in [0.1, 0.15) is 46.0 Å². The molecule has 0 radical (unpaired) electrons. The van der Waals surface area contributed by atoms with E-state index >= 15 is 0 Å². The molecule has 0 aromatic rings. The quantitative estimate of drug-likeness (QED) is 0.565. The Morgan fingerprint density at radius 2 is 1.43 bits per heavy atom. The molecule has 2 heterocycles. The molecule has 2 rings (SSSR count). The van der Waals surface area contributed by atoms with Gasteiger partial charge in [-0.15, -0.1) is 0 Å². The fourth-order valence-corrected chi connectivity index (χ4v) is 3.43. The minimum absolute atomic E-state index is 0.917. The van der Waals surface area contributed by atoms with Crippen LogP contribution in [0.3, 0.4) is 0 Å². The molecule has 2 aliphatic rings. The van der Waals surface area contributed by atoms with Gasteiger partial charge in [0.2, 0.25) is 0 Å². The lowest BCUT2D eigenvalue weighted by Crippen LogP contribution is -2.56. The first-order chi connectivity index (χ1) is 6.72. The minimum atomic E-state index is 0.917. The van der Waals surface area contributed by atoms with Gasteiger partial charge in [-0.1, -0.05) is 13.8 Å². The predicted octanol–water partition coefficient (Wildman–Crippen LogP) is 3.05. The van der Waals surface area contributed by atoms with Crippen molar-refractivity contribution < 1.29 is 4.48 Å². The molecule has 0 aliphatic carbocycles. The van der Waals surface area contributed by atoms with Gasteiger partial charge in [0.15, 0.2) is 0 Å². The molecule has 0 N–H and O–H groups in total. The summed E-state index contributed by atoms with van der Waals surface area (Å²) in [5, 5.41) is 0. The Labute approximate surface area is 89.1 Å². The summed E-state index contributed by atoms with van der Waals surface area (Å²) in [6.45, 7) is 10.8. The molecule has 1 spiro atoms. The number of quaternary nitrogens is 1. The lowest BCUT2D eigenvalue weighted by Gasteiger charge is -2.46. The van der Waals surface area contributed by atoms with Crippen LogP contribution in [0, 0.1) is 11.8 Å². The van der Waals surface area contributed by atoms with E-state index in [1.54, 1.807) is 0 Å². The highest BCUT2D eigenvalue weighted by Gasteiger charge is 2.35. The molecule has 1 heteroatoms. The second kappa shape index (κ2) is 4.22. The van der Waals surface area contributed by atoms with E-state index in [0.717, 1.165) is 11.8 Å². The van der Waals surface area contributed by atoms with Crippen LogP contribution >= 0.6 is 0 Å². The smallest absolute Gasteiger partial charge is 0.0789 e. The summed E-state index contributed by atoms with van der Waals surface area (Å²) in [7, 11) is 0. The molecule has 14 heavy (non-hydrogen) atoms. The average molecular weight is 196 g/mol. The van der Waals surface area contributed by atoms with Crippen LogP contribution in [0.25, 0.3) is 0 Å². The van der Waals surface area contributed by atoms with Crippen molar-refractivity contribution in [2.45, 2.75) is 46.0 Å². The third-order valence-electron chi connectivity index (χ3n) is 4.66. The molecule has 82 valence electrons. The van der Waals surface area contributed by atoms with Gasteiger partial charge in [0.1, 0.15) is 0 Å². The van der Waals surface area contributed by atoms with Crippen molar-refractivity contribution in [3.05, 3.63) is 0 Å². The van der Waals surface area contributed by atoms with Gasteiger partial charge in [-0.05, 0) is 43.9 Å². The van der Waals surface area contributed by atoms with Crippen LogP contribution in [0.4, 0.5) is 0 Å². The van der Waals surface area contributed by atoms with E-state index in [-0.39, 0.29) is 0 Å². The summed E-state index contributed by atoms with van der Waals surface area (Å²) in [5.74, 6) is 1.95. The van der Waals surface area contributed by atoms with Crippen molar-refractivity contribution in [3.8, 4) is 0 Å². The van der Waals surface area contributed by atoms with Gasteiger partial charge in [-0.2, -0.15) is 0 Å².